The number of aryl methyl sites for hydroxylation is 1. The summed E-state index contributed by atoms with van der Waals surface area (Å²) in [7, 11) is -3.78. The van der Waals surface area contributed by atoms with Crippen molar-refractivity contribution >= 4 is 43.4 Å². The number of nitrogens with one attached hydrogen (secondary N) is 2. The molecule has 168 valence electrons. The Labute approximate surface area is 196 Å². The maximum Gasteiger partial charge on any atom is 0.404 e. The molecule has 0 aliphatic rings. The van der Waals surface area contributed by atoms with Crippen molar-refractivity contribution in [3.05, 3.63) is 88.4 Å². The van der Waals surface area contributed by atoms with E-state index in [-0.39, 0.29) is 11.4 Å². The van der Waals surface area contributed by atoms with E-state index in [1.165, 1.54) is 0 Å². The number of benzene rings is 3. The zero-order chi connectivity index (χ0) is 23.1. The van der Waals surface area contributed by atoms with Crippen molar-refractivity contribution < 1.29 is 18.3 Å². The Morgan fingerprint density at radius 2 is 1.78 bits per heavy atom. The molecule has 0 aromatic heterocycles. The molecule has 0 radical (unpaired) electrons. The summed E-state index contributed by atoms with van der Waals surface area (Å²) in [6, 6.07) is 21.9. The summed E-state index contributed by atoms with van der Waals surface area (Å²) in [5, 5.41) is 11.3. The summed E-state index contributed by atoms with van der Waals surface area (Å²) in [5.74, 6) is 0. The van der Waals surface area contributed by atoms with Gasteiger partial charge in [-0.15, -0.1) is 0 Å². The Balaban J connectivity index is 1.86. The Morgan fingerprint density at radius 3 is 2.50 bits per heavy atom. The molecule has 0 saturated heterocycles. The highest BCUT2D eigenvalue weighted by Gasteiger charge is 2.18. The van der Waals surface area contributed by atoms with Crippen molar-refractivity contribution in [3.8, 4) is 0 Å². The summed E-state index contributed by atoms with van der Waals surface area (Å²) in [4.78, 5) is 13.1. The van der Waals surface area contributed by atoms with Gasteiger partial charge in [0.25, 0.3) is 10.0 Å². The Morgan fingerprint density at radius 1 is 1.03 bits per heavy atom. The lowest BCUT2D eigenvalue weighted by molar-refractivity contribution is 0.194. The van der Waals surface area contributed by atoms with Crippen LogP contribution in [-0.2, 0) is 16.6 Å². The van der Waals surface area contributed by atoms with Gasteiger partial charge in [-0.05, 0) is 48.4 Å². The second-order valence-corrected chi connectivity index (χ2v) is 9.77. The number of nitrogens with zero attached hydrogens (tertiary/aromatic N) is 1. The second-order valence-electron chi connectivity index (χ2n) is 7.20. The second kappa shape index (κ2) is 10.5. The first-order chi connectivity index (χ1) is 15.2. The van der Waals surface area contributed by atoms with Crippen LogP contribution in [-0.4, -0.2) is 32.7 Å². The maximum absolute atomic E-state index is 13.0. The molecule has 3 N–H and O–H groups in total. The summed E-state index contributed by atoms with van der Waals surface area (Å²) in [6.07, 6.45) is -1.09. The molecule has 0 fully saturated rings. The van der Waals surface area contributed by atoms with Gasteiger partial charge in [0, 0.05) is 29.8 Å². The van der Waals surface area contributed by atoms with Crippen LogP contribution in [0.3, 0.4) is 0 Å². The van der Waals surface area contributed by atoms with Crippen molar-refractivity contribution in [2.24, 2.45) is 0 Å². The molecule has 9 heteroatoms. The van der Waals surface area contributed by atoms with Gasteiger partial charge >= 0.3 is 6.09 Å². The quantitative estimate of drug-likeness (QED) is 0.377. The maximum atomic E-state index is 13.0. The molecule has 3 aromatic carbocycles. The molecule has 0 unspecified atom stereocenters. The van der Waals surface area contributed by atoms with Crippen molar-refractivity contribution in [1.29, 1.82) is 0 Å². The number of amides is 1. The van der Waals surface area contributed by atoms with Crippen LogP contribution in [0.4, 0.5) is 16.2 Å². The summed E-state index contributed by atoms with van der Waals surface area (Å²) in [6.45, 7) is 2.94. The average Bonchev–Trinajstić information content (AvgIpc) is 2.75. The van der Waals surface area contributed by atoms with Crippen LogP contribution in [0.2, 0.25) is 0 Å². The normalized spacial score (nSPS) is 11.1. The molecular formula is C23H24BrN3O4S. The summed E-state index contributed by atoms with van der Waals surface area (Å²) in [5.41, 5.74) is 2.89. The monoisotopic (exact) mass is 517 g/mol. The average molecular weight is 518 g/mol. The van der Waals surface area contributed by atoms with Crippen molar-refractivity contribution in [1.82, 2.24) is 5.32 Å². The zero-order valence-electron chi connectivity index (χ0n) is 17.5. The van der Waals surface area contributed by atoms with Gasteiger partial charge in [-0.2, -0.15) is 0 Å². The first-order valence-electron chi connectivity index (χ1n) is 9.89. The Hall–Kier alpha value is -3.04. The third-order valence-corrected chi connectivity index (χ3v) is 6.79. The standard InChI is InChI=1S/C23H24BrN3O4S/c1-17-10-11-19(24)14-22(17)32(30,31)26-20-8-5-9-21(15-20)27(13-12-25-23(28)29)16-18-6-3-2-4-7-18/h2-11,14-15,25-26H,12-13,16H2,1H3,(H,28,29). The van der Waals surface area contributed by atoms with Crippen LogP contribution in [0.15, 0.2) is 82.2 Å². The van der Waals surface area contributed by atoms with Crippen LogP contribution in [0.1, 0.15) is 11.1 Å². The highest BCUT2D eigenvalue weighted by Crippen LogP contribution is 2.26. The van der Waals surface area contributed by atoms with Crippen LogP contribution in [0, 0.1) is 6.92 Å². The third-order valence-electron chi connectivity index (χ3n) is 4.78. The van der Waals surface area contributed by atoms with Crippen molar-refractivity contribution in [3.63, 3.8) is 0 Å². The van der Waals surface area contributed by atoms with Gasteiger partial charge in [-0.1, -0.05) is 58.4 Å². The fraction of sp³-hybridized carbons (Fsp3) is 0.174. The molecular weight excluding hydrogens is 494 g/mol. The van der Waals surface area contributed by atoms with E-state index in [0.717, 1.165) is 11.3 Å². The summed E-state index contributed by atoms with van der Waals surface area (Å²) < 4.78 is 29.3. The van der Waals surface area contributed by atoms with Crippen molar-refractivity contribution in [2.45, 2.75) is 18.4 Å². The number of hydrogen-bond acceptors (Lipinski definition) is 4. The fourth-order valence-corrected chi connectivity index (χ4v) is 5.07. The number of carboxylic acid groups (broad SMARTS) is 1. The highest BCUT2D eigenvalue weighted by molar-refractivity contribution is 9.10. The molecule has 32 heavy (non-hydrogen) atoms. The van der Waals surface area contributed by atoms with Gasteiger partial charge in [0.1, 0.15) is 0 Å². The van der Waals surface area contributed by atoms with Crippen molar-refractivity contribution in [2.75, 3.05) is 22.7 Å². The van der Waals surface area contributed by atoms with Gasteiger partial charge in [-0.3, -0.25) is 4.72 Å². The largest absolute Gasteiger partial charge is 0.465 e. The fourth-order valence-electron chi connectivity index (χ4n) is 3.24. The molecule has 0 saturated carbocycles. The van der Waals surface area contributed by atoms with E-state index < -0.39 is 16.1 Å². The molecule has 0 aliphatic carbocycles. The molecule has 3 rings (SSSR count). The molecule has 1 amide bonds. The highest BCUT2D eigenvalue weighted by atomic mass is 79.9. The molecule has 0 aliphatic heterocycles. The first-order valence-corrected chi connectivity index (χ1v) is 12.2. The van der Waals surface area contributed by atoms with Crippen LogP contribution < -0.4 is 14.9 Å². The smallest absolute Gasteiger partial charge is 0.404 e. The number of hydrogen-bond donors (Lipinski definition) is 3. The third kappa shape index (κ3) is 6.48. The lowest BCUT2D eigenvalue weighted by Crippen LogP contribution is -2.34. The topological polar surface area (TPSA) is 98.7 Å². The van der Waals surface area contributed by atoms with E-state index in [1.807, 2.05) is 41.3 Å². The molecule has 0 bridgehead atoms. The number of halogens is 1. The minimum atomic E-state index is -3.78. The van der Waals surface area contributed by atoms with Gasteiger partial charge in [0.15, 0.2) is 0 Å². The van der Waals surface area contributed by atoms with E-state index >= 15 is 0 Å². The lowest BCUT2D eigenvalue weighted by atomic mass is 10.2. The molecule has 0 atom stereocenters. The Bertz CT molecular complexity index is 1190. The number of carbonyl (C=O) groups is 1. The van der Waals surface area contributed by atoms with E-state index in [2.05, 4.69) is 26.0 Å². The van der Waals surface area contributed by atoms with E-state index in [9.17, 15) is 13.2 Å². The predicted molar refractivity (Wildman–Crippen MR) is 130 cm³/mol. The molecule has 7 nitrogen and oxygen atoms in total. The van der Waals surface area contributed by atoms with E-state index in [0.29, 0.717) is 28.8 Å². The molecule has 3 aromatic rings. The van der Waals surface area contributed by atoms with E-state index in [4.69, 9.17) is 5.11 Å². The lowest BCUT2D eigenvalue weighted by Gasteiger charge is -2.25. The first kappa shape index (κ1) is 23.6. The number of anilines is 2. The van der Waals surface area contributed by atoms with Gasteiger partial charge < -0.3 is 15.3 Å². The van der Waals surface area contributed by atoms with Gasteiger partial charge in [0.05, 0.1) is 10.6 Å². The minimum absolute atomic E-state index is 0.198. The van der Waals surface area contributed by atoms with Gasteiger partial charge in [-0.25, -0.2) is 13.2 Å². The molecule has 0 spiro atoms. The predicted octanol–water partition coefficient (Wildman–Crippen LogP) is 4.83. The molecule has 0 heterocycles. The Kier molecular flexibility index (Phi) is 7.76. The summed E-state index contributed by atoms with van der Waals surface area (Å²) >= 11 is 3.32. The SMILES string of the molecule is Cc1ccc(Br)cc1S(=O)(=O)Nc1cccc(N(CCNC(=O)O)Cc2ccccc2)c1. The van der Waals surface area contributed by atoms with Crippen LogP contribution in [0.25, 0.3) is 0 Å². The van der Waals surface area contributed by atoms with Gasteiger partial charge in [0.2, 0.25) is 0 Å². The minimum Gasteiger partial charge on any atom is -0.465 e. The van der Waals surface area contributed by atoms with Crippen LogP contribution in [0.5, 0.6) is 0 Å². The van der Waals surface area contributed by atoms with Crippen LogP contribution >= 0.6 is 15.9 Å². The zero-order valence-corrected chi connectivity index (χ0v) is 19.9. The number of rotatable bonds is 9. The van der Waals surface area contributed by atoms with E-state index in [1.54, 1.807) is 43.3 Å². The number of sulfonamides is 1.